The zero-order valence-corrected chi connectivity index (χ0v) is 11.8. The van der Waals surface area contributed by atoms with Crippen molar-refractivity contribution in [1.29, 1.82) is 5.16 Å². The van der Waals surface area contributed by atoms with E-state index < -0.39 is 5.60 Å². The first-order valence-corrected chi connectivity index (χ1v) is 6.30. The molecular weight excluding hydrogens is 251 g/mol. The molecule has 1 amide bonds. The largest absolute Gasteiger partial charge is 0.497 e. The van der Waals surface area contributed by atoms with Gasteiger partial charge in [-0.2, -0.15) is 0 Å². The Morgan fingerprint density at radius 1 is 1.39 bits per heavy atom. The zero-order chi connectivity index (χ0) is 13.8. The molecule has 0 saturated heterocycles. The number of carbonyl (C=O) groups is 1. The summed E-state index contributed by atoms with van der Waals surface area (Å²) in [6, 6.07) is 5.01. The standard InChI is InChI=1S/C12H17N2O3P/c1-12(2,3)17-14-11(15)9-7-8(16-4)5-6-10(9)18-13/h5-7,13H,1-4H3,(H,14,15). The van der Waals surface area contributed by atoms with Crippen LogP contribution in [0, 0.1) is 5.16 Å². The Labute approximate surface area is 108 Å². The maximum atomic E-state index is 12.0. The van der Waals surface area contributed by atoms with Crippen molar-refractivity contribution in [3.63, 3.8) is 0 Å². The van der Waals surface area contributed by atoms with Crippen molar-refractivity contribution < 1.29 is 14.4 Å². The van der Waals surface area contributed by atoms with Gasteiger partial charge in [0, 0.05) is 13.7 Å². The second-order valence-corrected chi connectivity index (χ2v) is 5.35. The Bertz CT molecular complexity index is 455. The van der Waals surface area contributed by atoms with Gasteiger partial charge in [-0.05, 0) is 39.0 Å². The molecule has 0 aliphatic carbocycles. The normalized spacial score (nSPS) is 11.3. The van der Waals surface area contributed by atoms with Crippen molar-refractivity contribution in [3.05, 3.63) is 23.8 Å². The average molecular weight is 268 g/mol. The molecule has 6 heteroatoms. The highest BCUT2D eigenvalue weighted by molar-refractivity contribution is 7.35. The van der Waals surface area contributed by atoms with Crippen molar-refractivity contribution >= 4 is 19.6 Å². The van der Waals surface area contributed by atoms with Gasteiger partial charge in [-0.15, -0.1) is 0 Å². The van der Waals surface area contributed by atoms with Gasteiger partial charge in [0.25, 0.3) is 5.91 Å². The van der Waals surface area contributed by atoms with E-state index >= 15 is 0 Å². The van der Waals surface area contributed by atoms with Gasteiger partial charge in [-0.25, -0.2) is 5.48 Å². The first-order chi connectivity index (χ1) is 8.37. The SMILES string of the molecule is COc1ccc(P=N)c(C(=O)NOC(C)(C)C)c1. The van der Waals surface area contributed by atoms with E-state index in [2.05, 4.69) is 5.48 Å². The Morgan fingerprint density at radius 3 is 2.56 bits per heavy atom. The van der Waals surface area contributed by atoms with Crippen LogP contribution in [0.1, 0.15) is 31.1 Å². The molecule has 0 saturated carbocycles. The first-order valence-electron chi connectivity index (χ1n) is 5.41. The molecule has 1 aromatic carbocycles. The molecule has 2 N–H and O–H groups in total. The van der Waals surface area contributed by atoms with Gasteiger partial charge in [-0.3, -0.25) is 14.8 Å². The number of carbonyl (C=O) groups excluding carboxylic acids is 1. The average Bonchev–Trinajstić information content (AvgIpc) is 2.34. The van der Waals surface area contributed by atoms with Gasteiger partial charge in [0.05, 0.1) is 18.3 Å². The highest BCUT2D eigenvalue weighted by Crippen LogP contribution is 2.15. The third kappa shape index (κ3) is 4.09. The third-order valence-electron chi connectivity index (χ3n) is 2.02. The lowest BCUT2D eigenvalue weighted by atomic mass is 10.2. The summed E-state index contributed by atoms with van der Waals surface area (Å²) < 4.78 is 5.06. The highest BCUT2D eigenvalue weighted by Gasteiger charge is 2.16. The van der Waals surface area contributed by atoms with E-state index in [0.717, 1.165) is 0 Å². The molecule has 1 rings (SSSR count). The van der Waals surface area contributed by atoms with Gasteiger partial charge in [-0.1, -0.05) is 0 Å². The molecule has 1 aromatic rings. The summed E-state index contributed by atoms with van der Waals surface area (Å²) in [4.78, 5) is 17.2. The minimum absolute atomic E-state index is 0.271. The van der Waals surface area contributed by atoms with Crippen molar-refractivity contribution in [1.82, 2.24) is 5.48 Å². The van der Waals surface area contributed by atoms with Gasteiger partial charge in [0.15, 0.2) is 0 Å². The first kappa shape index (κ1) is 14.6. The molecule has 0 radical (unpaired) electrons. The van der Waals surface area contributed by atoms with Crippen molar-refractivity contribution in [2.24, 2.45) is 0 Å². The second kappa shape index (κ2) is 5.94. The second-order valence-electron chi connectivity index (χ2n) is 4.64. The quantitative estimate of drug-likeness (QED) is 0.651. The number of hydrogen-bond donors (Lipinski definition) is 2. The number of hydrogen-bond acceptors (Lipinski definition) is 4. The molecule has 0 spiro atoms. The number of nitrogens with one attached hydrogen (secondary N) is 2. The fraction of sp³-hybridized carbons (Fsp3) is 0.417. The number of ether oxygens (including phenoxy) is 1. The number of amides is 1. The van der Waals surface area contributed by atoms with Crippen LogP contribution in [-0.4, -0.2) is 18.6 Å². The molecule has 18 heavy (non-hydrogen) atoms. The van der Waals surface area contributed by atoms with Crippen LogP contribution in [0.4, 0.5) is 0 Å². The number of hydroxylamine groups is 1. The molecule has 0 heterocycles. The molecular formula is C12H17N2O3P. The lowest BCUT2D eigenvalue weighted by molar-refractivity contribution is -0.0589. The Balaban J connectivity index is 2.93. The summed E-state index contributed by atoms with van der Waals surface area (Å²) in [5.41, 5.74) is 2.30. The molecule has 0 bridgehead atoms. The lowest BCUT2D eigenvalue weighted by Crippen LogP contribution is -2.35. The van der Waals surface area contributed by atoms with Crippen LogP contribution >= 0.6 is 8.37 Å². The Morgan fingerprint density at radius 2 is 2.06 bits per heavy atom. The topological polar surface area (TPSA) is 71.4 Å². The van der Waals surface area contributed by atoms with E-state index in [1.54, 1.807) is 18.2 Å². The Kier molecular flexibility index (Phi) is 4.82. The number of rotatable bonds is 4. The lowest BCUT2D eigenvalue weighted by Gasteiger charge is -2.19. The smallest absolute Gasteiger partial charge is 0.276 e. The van der Waals surface area contributed by atoms with E-state index in [0.29, 0.717) is 16.6 Å². The molecule has 0 unspecified atom stereocenters. The summed E-state index contributed by atoms with van der Waals surface area (Å²) in [6.45, 7) is 5.51. The maximum absolute atomic E-state index is 12.0. The summed E-state index contributed by atoms with van der Waals surface area (Å²) in [5, 5.41) is 7.97. The highest BCUT2D eigenvalue weighted by atomic mass is 31.1. The molecule has 0 atom stereocenters. The molecule has 0 aromatic heterocycles. The molecule has 98 valence electrons. The van der Waals surface area contributed by atoms with Crippen molar-refractivity contribution in [3.8, 4) is 5.75 Å². The van der Waals surface area contributed by atoms with Crippen LogP contribution in [0.2, 0.25) is 0 Å². The van der Waals surface area contributed by atoms with Crippen LogP contribution in [0.3, 0.4) is 0 Å². The summed E-state index contributed by atoms with van der Waals surface area (Å²) in [5.74, 6) is 0.196. The zero-order valence-electron chi connectivity index (χ0n) is 10.9. The van der Waals surface area contributed by atoms with Gasteiger partial charge < -0.3 is 4.74 Å². The maximum Gasteiger partial charge on any atom is 0.276 e. The molecule has 5 nitrogen and oxygen atoms in total. The van der Waals surface area contributed by atoms with E-state index in [1.165, 1.54) is 7.11 Å². The fourth-order valence-electron chi connectivity index (χ4n) is 1.18. The van der Waals surface area contributed by atoms with Crippen molar-refractivity contribution in [2.45, 2.75) is 26.4 Å². The van der Waals surface area contributed by atoms with Crippen LogP contribution < -0.4 is 15.5 Å². The molecule has 0 fully saturated rings. The third-order valence-corrected chi connectivity index (χ3v) is 2.65. The minimum atomic E-state index is -0.465. The van der Waals surface area contributed by atoms with Gasteiger partial charge in [0.2, 0.25) is 0 Å². The van der Waals surface area contributed by atoms with Crippen LogP contribution in [-0.2, 0) is 4.84 Å². The summed E-state index contributed by atoms with van der Waals surface area (Å²) in [7, 11) is 1.80. The van der Waals surface area contributed by atoms with E-state index in [9.17, 15) is 4.79 Å². The minimum Gasteiger partial charge on any atom is -0.497 e. The Hall–Kier alpha value is -1.45. The van der Waals surface area contributed by atoms with E-state index in [4.69, 9.17) is 14.7 Å². The van der Waals surface area contributed by atoms with Gasteiger partial charge >= 0.3 is 0 Å². The number of benzene rings is 1. The number of methoxy groups -OCH3 is 1. The molecule has 0 aliphatic heterocycles. The van der Waals surface area contributed by atoms with E-state index in [-0.39, 0.29) is 14.3 Å². The van der Waals surface area contributed by atoms with Gasteiger partial charge in [0.1, 0.15) is 5.75 Å². The summed E-state index contributed by atoms with van der Waals surface area (Å²) >= 11 is 0. The molecule has 0 aliphatic rings. The van der Waals surface area contributed by atoms with E-state index in [1.807, 2.05) is 20.8 Å². The van der Waals surface area contributed by atoms with Crippen molar-refractivity contribution in [2.75, 3.05) is 7.11 Å². The van der Waals surface area contributed by atoms with Crippen LogP contribution in [0.25, 0.3) is 0 Å². The monoisotopic (exact) mass is 268 g/mol. The fourth-order valence-corrected chi connectivity index (χ4v) is 1.61. The summed E-state index contributed by atoms with van der Waals surface area (Å²) in [6.07, 6.45) is 0. The van der Waals surface area contributed by atoms with Crippen LogP contribution in [0.5, 0.6) is 5.75 Å². The predicted octanol–water partition coefficient (Wildman–Crippen LogP) is 2.49. The predicted molar refractivity (Wildman–Crippen MR) is 70.6 cm³/mol. The van der Waals surface area contributed by atoms with Crippen LogP contribution in [0.15, 0.2) is 18.2 Å².